The number of pyridine rings is 1. The summed E-state index contributed by atoms with van der Waals surface area (Å²) < 4.78 is 0. The van der Waals surface area contributed by atoms with E-state index in [0.29, 0.717) is 0 Å². The smallest absolute Gasteiger partial charge is 0.0651 e. The monoisotopic (exact) mass is 341 g/mol. The van der Waals surface area contributed by atoms with Crippen molar-refractivity contribution in [1.82, 2.24) is 10.3 Å². The van der Waals surface area contributed by atoms with Crippen molar-refractivity contribution >= 4 is 17.5 Å². The zero-order valence-electron chi connectivity index (χ0n) is 14.4. The molecule has 0 spiro atoms. The average Bonchev–Trinajstić information content (AvgIpc) is 2.85. The number of allylic oxidation sites excluding steroid dienone is 5. The van der Waals surface area contributed by atoms with Gasteiger partial charge in [0.1, 0.15) is 0 Å². The second kappa shape index (κ2) is 10.8. The van der Waals surface area contributed by atoms with Crippen molar-refractivity contribution < 1.29 is 0 Å². The van der Waals surface area contributed by atoms with E-state index in [4.69, 9.17) is 5.73 Å². The molecular weight excluding hydrogens is 314 g/mol. The minimum atomic E-state index is 0.750. The maximum Gasteiger partial charge on any atom is 0.0651 e. The van der Waals surface area contributed by atoms with Crippen molar-refractivity contribution in [1.29, 1.82) is 0 Å². The molecule has 0 saturated heterocycles. The van der Waals surface area contributed by atoms with E-state index in [0.717, 1.165) is 23.6 Å². The Morgan fingerprint density at radius 1 is 1.33 bits per heavy atom. The molecule has 0 aromatic carbocycles. The van der Waals surface area contributed by atoms with E-state index in [1.54, 1.807) is 24.2 Å². The highest BCUT2D eigenvalue weighted by Crippen LogP contribution is 2.16. The lowest BCUT2D eigenvalue weighted by atomic mass is 10.1. The zero-order chi connectivity index (χ0) is 17.0. The number of nitrogens with two attached hydrogens (primary N) is 1. The van der Waals surface area contributed by atoms with Gasteiger partial charge in [0.25, 0.3) is 0 Å². The van der Waals surface area contributed by atoms with Gasteiger partial charge in [-0.2, -0.15) is 0 Å². The molecule has 128 valence electrons. The summed E-state index contributed by atoms with van der Waals surface area (Å²) >= 11 is 1.66. The van der Waals surface area contributed by atoms with Crippen LogP contribution in [-0.2, 0) is 0 Å². The second-order valence-corrected chi connectivity index (χ2v) is 6.63. The largest absolute Gasteiger partial charge is 0.398 e. The number of hydrogen-bond donors (Lipinski definition) is 2. The minimum absolute atomic E-state index is 0.750. The average molecular weight is 342 g/mol. The van der Waals surface area contributed by atoms with Crippen LogP contribution in [0.2, 0.25) is 0 Å². The van der Waals surface area contributed by atoms with Crippen molar-refractivity contribution in [3.63, 3.8) is 0 Å². The van der Waals surface area contributed by atoms with Gasteiger partial charge in [-0.3, -0.25) is 4.98 Å². The third kappa shape index (κ3) is 6.67. The van der Waals surface area contributed by atoms with E-state index in [9.17, 15) is 0 Å². The summed E-state index contributed by atoms with van der Waals surface area (Å²) in [6.45, 7) is 2.24. The molecule has 0 amide bonds. The Labute approximate surface area is 149 Å². The summed E-state index contributed by atoms with van der Waals surface area (Å²) in [5.74, 6) is 0.794. The normalized spacial score (nSPS) is 14.8. The van der Waals surface area contributed by atoms with E-state index in [1.165, 1.54) is 37.0 Å². The fourth-order valence-corrected chi connectivity index (χ4v) is 3.07. The Kier molecular flexibility index (Phi) is 8.25. The summed E-state index contributed by atoms with van der Waals surface area (Å²) in [5, 5.41) is 5.42. The Morgan fingerprint density at radius 2 is 2.25 bits per heavy atom. The number of rotatable bonds is 9. The van der Waals surface area contributed by atoms with Gasteiger partial charge in [0.15, 0.2) is 0 Å². The van der Waals surface area contributed by atoms with E-state index >= 15 is 0 Å². The van der Waals surface area contributed by atoms with Crippen molar-refractivity contribution in [2.24, 2.45) is 5.73 Å². The number of unbranched alkanes of at least 4 members (excludes halogenated alkanes) is 2. The molecule has 3 N–H and O–H groups in total. The standard InChI is InChI=1S/C20H27N3S/c1-2-3-4-7-17-8-5-10-19(12-11-17)23-16-24-15-20(21)18-9-6-13-22-14-18/h6,8-15,23H,2-5,7,16,21H2,1H3/b20-15-. The van der Waals surface area contributed by atoms with Crippen LogP contribution in [0, 0.1) is 0 Å². The van der Waals surface area contributed by atoms with Crippen molar-refractivity contribution in [2.75, 3.05) is 5.88 Å². The maximum atomic E-state index is 6.05. The molecule has 1 aromatic rings. The first-order chi connectivity index (χ1) is 11.8. The number of nitrogens with zero attached hydrogens (tertiary/aromatic N) is 1. The summed E-state index contributed by atoms with van der Waals surface area (Å²) in [4.78, 5) is 4.08. The molecule has 1 aromatic heterocycles. The van der Waals surface area contributed by atoms with Crippen LogP contribution in [-0.4, -0.2) is 10.9 Å². The maximum absolute atomic E-state index is 6.05. The fraction of sp³-hybridized carbons (Fsp3) is 0.350. The highest BCUT2D eigenvalue weighted by Gasteiger charge is 2.00. The first kappa shape index (κ1) is 18.4. The molecule has 2 rings (SSSR count). The van der Waals surface area contributed by atoms with Crippen LogP contribution in [0.5, 0.6) is 0 Å². The van der Waals surface area contributed by atoms with Crippen molar-refractivity contribution in [3.8, 4) is 0 Å². The van der Waals surface area contributed by atoms with Crippen molar-refractivity contribution in [3.05, 3.63) is 71.1 Å². The predicted octanol–water partition coefficient (Wildman–Crippen LogP) is 4.97. The molecule has 0 fully saturated rings. The Morgan fingerprint density at radius 3 is 3.04 bits per heavy atom. The van der Waals surface area contributed by atoms with Gasteiger partial charge in [0, 0.05) is 29.4 Å². The molecule has 0 atom stereocenters. The molecule has 0 bridgehead atoms. The second-order valence-electron chi connectivity index (χ2n) is 5.77. The topological polar surface area (TPSA) is 50.9 Å². The molecule has 0 unspecified atom stereocenters. The molecule has 0 saturated carbocycles. The summed E-state index contributed by atoms with van der Waals surface area (Å²) in [7, 11) is 0. The summed E-state index contributed by atoms with van der Waals surface area (Å²) in [5.41, 5.74) is 10.4. The highest BCUT2D eigenvalue weighted by molar-refractivity contribution is 8.02. The van der Waals surface area contributed by atoms with Crippen molar-refractivity contribution in [2.45, 2.75) is 39.0 Å². The van der Waals surface area contributed by atoms with Crippen LogP contribution in [0.1, 0.15) is 44.6 Å². The lowest BCUT2D eigenvalue weighted by Crippen LogP contribution is -2.10. The van der Waals surface area contributed by atoms with Crippen LogP contribution in [0.3, 0.4) is 0 Å². The molecule has 0 aliphatic heterocycles. The number of nitrogens with one attached hydrogen (secondary N) is 1. The van der Waals surface area contributed by atoms with Gasteiger partial charge in [0.05, 0.1) is 5.88 Å². The summed E-state index contributed by atoms with van der Waals surface area (Å²) in [6.07, 6.45) is 18.6. The van der Waals surface area contributed by atoms with Gasteiger partial charge in [-0.05, 0) is 42.9 Å². The van der Waals surface area contributed by atoms with Gasteiger partial charge in [0.2, 0.25) is 0 Å². The minimum Gasteiger partial charge on any atom is -0.398 e. The van der Waals surface area contributed by atoms with E-state index in [2.05, 4.69) is 41.5 Å². The quantitative estimate of drug-likeness (QED) is 0.492. The molecule has 1 aliphatic carbocycles. The molecule has 24 heavy (non-hydrogen) atoms. The van der Waals surface area contributed by atoms with Crippen LogP contribution < -0.4 is 11.1 Å². The molecule has 1 heterocycles. The number of aromatic nitrogens is 1. The SMILES string of the molecule is CCCCCC1=CCC=C(NCS/C=C(\N)c2cccnc2)C=C1. The number of thioether (sulfide) groups is 1. The predicted molar refractivity (Wildman–Crippen MR) is 106 cm³/mol. The van der Waals surface area contributed by atoms with E-state index < -0.39 is 0 Å². The van der Waals surface area contributed by atoms with Gasteiger partial charge in [-0.1, -0.05) is 43.6 Å². The van der Waals surface area contributed by atoms with Gasteiger partial charge in [-0.15, -0.1) is 11.8 Å². The van der Waals surface area contributed by atoms with Gasteiger partial charge < -0.3 is 11.1 Å². The van der Waals surface area contributed by atoms with Crippen LogP contribution in [0.15, 0.2) is 65.5 Å². The van der Waals surface area contributed by atoms with Gasteiger partial charge >= 0.3 is 0 Å². The molecular formula is C20H27N3S. The van der Waals surface area contributed by atoms with E-state index in [1.807, 2.05) is 17.5 Å². The zero-order valence-corrected chi connectivity index (χ0v) is 15.2. The molecule has 3 nitrogen and oxygen atoms in total. The first-order valence-electron chi connectivity index (χ1n) is 8.58. The van der Waals surface area contributed by atoms with Crippen LogP contribution >= 0.6 is 11.8 Å². The van der Waals surface area contributed by atoms with Crippen LogP contribution in [0.4, 0.5) is 0 Å². The molecule has 1 aliphatic rings. The fourth-order valence-electron chi connectivity index (χ4n) is 2.42. The van der Waals surface area contributed by atoms with Crippen LogP contribution in [0.25, 0.3) is 5.70 Å². The lowest BCUT2D eigenvalue weighted by Gasteiger charge is -2.05. The molecule has 4 heteroatoms. The lowest BCUT2D eigenvalue weighted by molar-refractivity contribution is 0.718. The number of hydrogen-bond acceptors (Lipinski definition) is 4. The Balaban J connectivity index is 1.73. The Bertz CT molecular complexity index is 615. The van der Waals surface area contributed by atoms with Gasteiger partial charge in [-0.25, -0.2) is 0 Å². The van der Waals surface area contributed by atoms with E-state index in [-0.39, 0.29) is 0 Å². The first-order valence-corrected chi connectivity index (χ1v) is 9.63. The third-order valence-electron chi connectivity index (χ3n) is 3.83. The Hall–Kier alpha value is -1.94. The highest BCUT2D eigenvalue weighted by atomic mass is 32.2. The third-order valence-corrected chi connectivity index (χ3v) is 4.56. The summed E-state index contributed by atoms with van der Waals surface area (Å²) in [6, 6.07) is 3.86. The molecule has 0 radical (unpaired) electrons.